The van der Waals surface area contributed by atoms with Gasteiger partial charge in [-0.05, 0) is 50.6 Å². The summed E-state index contributed by atoms with van der Waals surface area (Å²) in [6.07, 6.45) is 6.11. The molecule has 6 nitrogen and oxygen atoms in total. The highest BCUT2D eigenvalue weighted by Gasteiger charge is 2.23. The summed E-state index contributed by atoms with van der Waals surface area (Å²) in [5, 5.41) is 6.59. The van der Waals surface area contributed by atoms with Gasteiger partial charge in [-0.3, -0.25) is 4.90 Å². The van der Waals surface area contributed by atoms with Gasteiger partial charge in [-0.15, -0.1) is 0 Å². The summed E-state index contributed by atoms with van der Waals surface area (Å²) in [5.41, 5.74) is 4.08. The third-order valence-electron chi connectivity index (χ3n) is 5.39. The van der Waals surface area contributed by atoms with Gasteiger partial charge < -0.3 is 15.0 Å². The van der Waals surface area contributed by atoms with Crippen molar-refractivity contribution in [3.8, 4) is 0 Å². The van der Waals surface area contributed by atoms with Gasteiger partial charge in [0, 0.05) is 18.9 Å². The number of aromatic nitrogens is 2. The molecule has 0 radical (unpaired) electrons. The van der Waals surface area contributed by atoms with E-state index in [1.165, 1.54) is 24.0 Å². The van der Waals surface area contributed by atoms with Crippen LogP contribution in [0, 0.1) is 6.92 Å². The summed E-state index contributed by atoms with van der Waals surface area (Å²) in [6.45, 7) is 5.19. The lowest BCUT2D eigenvalue weighted by molar-refractivity contribution is 0.220. The standard InChI is InChI=1S/C22H26ClN5O/c1-16-4-6-17(7-5-16)20(27-10-2-3-11-27)13-25-22(29)24-12-19-15-28-14-18(23)8-9-21(28)26-19/h4-9,14-15,20H,2-3,10-13H2,1H3,(H2,24,25,29). The first-order valence-electron chi connectivity index (χ1n) is 10.0. The van der Waals surface area contributed by atoms with Gasteiger partial charge in [0.05, 0.1) is 23.3 Å². The zero-order valence-electron chi connectivity index (χ0n) is 16.6. The van der Waals surface area contributed by atoms with Crippen molar-refractivity contribution in [2.45, 2.75) is 32.4 Å². The van der Waals surface area contributed by atoms with Crippen LogP contribution in [-0.4, -0.2) is 39.9 Å². The smallest absolute Gasteiger partial charge is 0.315 e. The van der Waals surface area contributed by atoms with Gasteiger partial charge in [-0.1, -0.05) is 41.4 Å². The molecule has 1 unspecified atom stereocenters. The molecule has 0 saturated carbocycles. The number of rotatable bonds is 6. The van der Waals surface area contributed by atoms with Crippen molar-refractivity contribution < 1.29 is 4.79 Å². The topological polar surface area (TPSA) is 61.7 Å². The van der Waals surface area contributed by atoms with Gasteiger partial charge in [0.1, 0.15) is 5.65 Å². The Balaban J connectivity index is 1.35. The minimum atomic E-state index is -0.184. The van der Waals surface area contributed by atoms with Gasteiger partial charge in [-0.25, -0.2) is 9.78 Å². The minimum Gasteiger partial charge on any atom is -0.336 e. The minimum absolute atomic E-state index is 0.184. The van der Waals surface area contributed by atoms with Gasteiger partial charge in [0.25, 0.3) is 0 Å². The van der Waals surface area contributed by atoms with Crippen LogP contribution in [0.4, 0.5) is 4.79 Å². The molecule has 1 aliphatic heterocycles. The second-order valence-corrected chi connectivity index (χ2v) is 8.01. The van der Waals surface area contributed by atoms with Crippen molar-refractivity contribution in [3.63, 3.8) is 0 Å². The first-order chi connectivity index (χ1) is 14.1. The number of aryl methyl sites for hydroxylation is 1. The van der Waals surface area contributed by atoms with Gasteiger partial charge in [-0.2, -0.15) is 0 Å². The first-order valence-corrected chi connectivity index (χ1v) is 10.4. The maximum absolute atomic E-state index is 12.4. The van der Waals surface area contributed by atoms with E-state index in [0.717, 1.165) is 24.4 Å². The predicted molar refractivity (Wildman–Crippen MR) is 115 cm³/mol. The van der Waals surface area contributed by atoms with Crippen molar-refractivity contribution in [2.24, 2.45) is 0 Å². The highest BCUT2D eigenvalue weighted by atomic mass is 35.5. The average molecular weight is 412 g/mol. The molecule has 3 aromatic rings. The zero-order valence-corrected chi connectivity index (χ0v) is 17.3. The third kappa shape index (κ3) is 4.89. The Labute approximate surface area is 175 Å². The lowest BCUT2D eigenvalue weighted by atomic mass is 10.0. The normalized spacial score (nSPS) is 15.5. The number of nitrogens with zero attached hydrogens (tertiary/aromatic N) is 3. The number of hydrogen-bond donors (Lipinski definition) is 2. The van der Waals surface area contributed by atoms with E-state index in [-0.39, 0.29) is 12.1 Å². The second kappa shape index (κ2) is 8.84. The molecule has 2 amide bonds. The summed E-state index contributed by atoms with van der Waals surface area (Å²) in [5.74, 6) is 0. The molecule has 1 fully saturated rings. The van der Waals surface area contributed by atoms with Crippen LogP contribution < -0.4 is 10.6 Å². The number of pyridine rings is 1. The van der Waals surface area contributed by atoms with Crippen LogP contribution in [0.3, 0.4) is 0 Å². The number of carbonyl (C=O) groups is 1. The van der Waals surface area contributed by atoms with Crippen LogP contribution in [0.25, 0.3) is 5.65 Å². The van der Waals surface area contributed by atoms with E-state index >= 15 is 0 Å². The highest BCUT2D eigenvalue weighted by Crippen LogP contribution is 2.24. The second-order valence-electron chi connectivity index (χ2n) is 7.58. The SMILES string of the molecule is Cc1ccc(C(CNC(=O)NCc2cn3cc(Cl)ccc3n2)N2CCCC2)cc1. The lowest BCUT2D eigenvalue weighted by Gasteiger charge is -2.28. The molecule has 1 aliphatic rings. The fourth-order valence-electron chi connectivity index (χ4n) is 3.82. The lowest BCUT2D eigenvalue weighted by Crippen LogP contribution is -2.41. The van der Waals surface area contributed by atoms with Gasteiger partial charge in [0.2, 0.25) is 0 Å². The van der Waals surface area contributed by atoms with Gasteiger partial charge >= 0.3 is 6.03 Å². The number of hydrogen-bond acceptors (Lipinski definition) is 3. The molecule has 1 atom stereocenters. The Kier molecular flexibility index (Phi) is 6.02. The number of carbonyl (C=O) groups excluding carboxylic acids is 1. The Morgan fingerprint density at radius 1 is 1.10 bits per heavy atom. The van der Waals surface area contributed by atoms with E-state index in [9.17, 15) is 4.79 Å². The molecule has 2 aromatic heterocycles. The molecular weight excluding hydrogens is 386 g/mol. The maximum Gasteiger partial charge on any atom is 0.315 e. The maximum atomic E-state index is 12.4. The quantitative estimate of drug-likeness (QED) is 0.646. The number of amides is 2. The molecule has 7 heteroatoms. The number of halogens is 1. The van der Waals surface area contributed by atoms with Crippen molar-refractivity contribution in [1.29, 1.82) is 0 Å². The largest absolute Gasteiger partial charge is 0.336 e. The van der Waals surface area contributed by atoms with E-state index in [1.54, 1.807) is 12.3 Å². The Morgan fingerprint density at radius 2 is 1.86 bits per heavy atom. The van der Waals surface area contributed by atoms with E-state index in [1.807, 2.05) is 16.7 Å². The summed E-state index contributed by atoms with van der Waals surface area (Å²) in [7, 11) is 0. The molecule has 2 N–H and O–H groups in total. The summed E-state index contributed by atoms with van der Waals surface area (Å²) < 4.78 is 1.86. The summed E-state index contributed by atoms with van der Waals surface area (Å²) in [6, 6.07) is 12.3. The van der Waals surface area contributed by atoms with Crippen molar-refractivity contribution in [3.05, 3.63) is 70.6 Å². The number of urea groups is 1. The zero-order chi connectivity index (χ0) is 20.2. The molecule has 152 valence electrons. The first kappa shape index (κ1) is 19.7. The highest BCUT2D eigenvalue weighted by molar-refractivity contribution is 6.30. The summed E-state index contributed by atoms with van der Waals surface area (Å²) in [4.78, 5) is 19.3. The molecular formula is C22H26ClN5O. The summed E-state index contributed by atoms with van der Waals surface area (Å²) >= 11 is 6.01. The van der Waals surface area contributed by atoms with Crippen molar-refractivity contribution in [2.75, 3.05) is 19.6 Å². The van der Waals surface area contributed by atoms with Crippen LogP contribution in [0.2, 0.25) is 5.02 Å². The molecule has 29 heavy (non-hydrogen) atoms. The molecule has 3 heterocycles. The Hall–Kier alpha value is -2.57. The van der Waals surface area contributed by atoms with E-state index in [0.29, 0.717) is 18.1 Å². The van der Waals surface area contributed by atoms with E-state index in [4.69, 9.17) is 11.6 Å². The Bertz CT molecular complexity index is 979. The number of likely N-dealkylation sites (tertiary alicyclic amines) is 1. The van der Waals surface area contributed by atoms with E-state index < -0.39 is 0 Å². The average Bonchev–Trinajstić information content (AvgIpc) is 3.37. The van der Waals surface area contributed by atoms with Crippen molar-refractivity contribution >= 4 is 23.3 Å². The fourth-order valence-corrected chi connectivity index (χ4v) is 3.99. The van der Waals surface area contributed by atoms with Crippen LogP contribution in [-0.2, 0) is 6.54 Å². The number of benzene rings is 1. The molecule has 4 rings (SSSR count). The molecule has 0 spiro atoms. The van der Waals surface area contributed by atoms with Gasteiger partial charge in [0.15, 0.2) is 0 Å². The molecule has 0 aliphatic carbocycles. The number of imidazole rings is 1. The van der Waals surface area contributed by atoms with Crippen LogP contribution >= 0.6 is 11.6 Å². The fraction of sp³-hybridized carbons (Fsp3) is 0.364. The predicted octanol–water partition coefficient (Wildman–Crippen LogP) is 3.93. The van der Waals surface area contributed by atoms with Crippen molar-refractivity contribution in [1.82, 2.24) is 24.9 Å². The molecule has 0 bridgehead atoms. The van der Waals surface area contributed by atoms with Crippen LogP contribution in [0.5, 0.6) is 0 Å². The van der Waals surface area contributed by atoms with Crippen LogP contribution in [0.1, 0.15) is 35.7 Å². The number of fused-ring (bicyclic) bond motifs is 1. The number of nitrogens with one attached hydrogen (secondary N) is 2. The third-order valence-corrected chi connectivity index (χ3v) is 5.62. The van der Waals surface area contributed by atoms with Crippen LogP contribution in [0.15, 0.2) is 48.8 Å². The molecule has 1 saturated heterocycles. The van der Waals surface area contributed by atoms with E-state index in [2.05, 4.69) is 51.7 Å². The molecule has 1 aromatic carbocycles. The Morgan fingerprint density at radius 3 is 2.62 bits per heavy atom. The monoisotopic (exact) mass is 411 g/mol.